The van der Waals surface area contributed by atoms with Gasteiger partial charge in [-0.1, -0.05) is 18.2 Å². The van der Waals surface area contributed by atoms with Crippen LogP contribution in [0.2, 0.25) is 0 Å². The summed E-state index contributed by atoms with van der Waals surface area (Å²) in [6, 6.07) is 17.4. The fourth-order valence-electron chi connectivity index (χ4n) is 3.02. The average Bonchev–Trinajstić information content (AvgIpc) is 3.21. The zero-order chi connectivity index (χ0) is 21.2. The Kier molecular flexibility index (Phi) is 9.03. The summed E-state index contributed by atoms with van der Waals surface area (Å²) in [6.07, 6.45) is 1.96. The number of para-hydroxylation sites is 1. The van der Waals surface area contributed by atoms with Crippen LogP contribution in [0.25, 0.3) is 10.2 Å². The van der Waals surface area contributed by atoms with Crippen LogP contribution in [-0.4, -0.2) is 27.8 Å². The van der Waals surface area contributed by atoms with Gasteiger partial charge in [-0.3, -0.25) is 0 Å². The summed E-state index contributed by atoms with van der Waals surface area (Å²) >= 11 is 0.967. The number of ketones is 1. The molecule has 3 N–H and O–H groups in total. The monoisotopic (exact) mass is 538 g/mol. The molecule has 0 saturated heterocycles. The van der Waals surface area contributed by atoms with Crippen LogP contribution >= 0.6 is 11.3 Å². The number of thiazole rings is 1. The average molecular weight is 538 g/mol. The topological polar surface area (TPSA) is 94.3 Å². The second-order valence-electron chi connectivity index (χ2n) is 6.84. The number of alkyl carbamates (subject to hydrolysis) is 1. The molecule has 0 saturated carbocycles. The number of carbonyl (C=O) groups is 2. The fraction of sp³-hybridized carbons (Fsp3) is 0.318. The van der Waals surface area contributed by atoms with Crippen molar-refractivity contribution in [3.05, 3.63) is 65.2 Å². The number of unbranched alkanes of at least 4 members (excludes halogenated alkanes) is 1. The number of rotatable bonds is 11. The van der Waals surface area contributed by atoms with E-state index in [4.69, 9.17) is 8.68 Å². The Morgan fingerprint density at radius 1 is 1.10 bits per heavy atom. The molecule has 3 aromatic rings. The van der Waals surface area contributed by atoms with E-state index in [1.165, 1.54) is 11.3 Å². The molecule has 0 bridgehead atoms. The molecular weight excluding hydrogens is 513 g/mol. The third-order valence-electron chi connectivity index (χ3n) is 4.61. The van der Waals surface area contributed by atoms with Crippen molar-refractivity contribution in [2.24, 2.45) is 9.86 Å². The first kappa shape index (κ1) is 22.6. The van der Waals surface area contributed by atoms with Gasteiger partial charge < -0.3 is 0 Å². The van der Waals surface area contributed by atoms with E-state index in [0.717, 1.165) is 39.5 Å². The molecule has 0 unspecified atom stereocenters. The van der Waals surface area contributed by atoms with Crippen LogP contribution in [0.5, 0.6) is 0 Å². The summed E-state index contributed by atoms with van der Waals surface area (Å²) < 4.78 is 12.8. The zero-order valence-corrected chi connectivity index (χ0v) is 19.5. The number of aromatic nitrogens is 1. The van der Waals surface area contributed by atoms with Gasteiger partial charge in [0.15, 0.2) is 0 Å². The van der Waals surface area contributed by atoms with Crippen LogP contribution in [0.1, 0.15) is 34.6 Å². The predicted octanol–water partition coefficient (Wildman–Crippen LogP) is 1.15. The Morgan fingerprint density at radius 3 is 2.63 bits per heavy atom. The van der Waals surface area contributed by atoms with Crippen LogP contribution in [0, 0.1) is 5.92 Å². The van der Waals surface area contributed by atoms with Gasteiger partial charge in [0, 0.05) is 0 Å². The van der Waals surface area contributed by atoms with Crippen molar-refractivity contribution in [2.45, 2.75) is 25.9 Å². The molecule has 30 heavy (non-hydrogen) atoms. The number of ether oxygens (including phenoxy) is 1. The number of nitrogens with two attached hydrogens (primary N) is 1. The summed E-state index contributed by atoms with van der Waals surface area (Å²) in [5.41, 5.74) is 1.82. The van der Waals surface area contributed by atoms with Gasteiger partial charge in [0.25, 0.3) is 0 Å². The molecule has 1 amide bonds. The summed E-state index contributed by atoms with van der Waals surface area (Å²) in [5, 5.41) is 3.33. The minimum atomic E-state index is -0.481. The third kappa shape index (κ3) is 6.75. The molecule has 6 nitrogen and oxygen atoms in total. The second-order valence-corrected chi connectivity index (χ2v) is 9.63. The maximum absolute atomic E-state index is 12.9. The summed E-state index contributed by atoms with van der Waals surface area (Å²) in [6.45, 7) is 0.777. The Balaban J connectivity index is 1.40. The summed E-state index contributed by atoms with van der Waals surface area (Å²) in [7, 11) is 0. The van der Waals surface area contributed by atoms with E-state index in [1.54, 1.807) is 0 Å². The standard InChI is InChI=1S/C22H25IN3O3S/c24-23-14-17(20(27)21-26-18-11-4-5-12-19(18)30-21)10-6-7-13-25-22(28)29-15-16-8-2-1-3-9-16/h1-5,8-9,11-12,17H,6-7,10,13-15,24H2,(H,25,28)/q-1/t17-/m1/s1. The molecule has 1 aromatic heterocycles. The minimum absolute atomic E-state index is 0.0894. The number of amides is 1. The van der Waals surface area contributed by atoms with Gasteiger partial charge in [-0.15, -0.1) is 0 Å². The second kappa shape index (κ2) is 12.0. The fourth-order valence-corrected chi connectivity index (χ4v) is 5.46. The molecule has 160 valence electrons. The zero-order valence-electron chi connectivity index (χ0n) is 16.6. The Hall–Kier alpha value is -2.04. The summed E-state index contributed by atoms with van der Waals surface area (Å²) in [5.74, 6) is 0.00461. The van der Waals surface area contributed by atoms with Gasteiger partial charge in [-0.05, 0) is 0 Å². The van der Waals surface area contributed by atoms with Crippen molar-refractivity contribution in [1.29, 1.82) is 0 Å². The van der Waals surface area contributed by atoms with Crippen LogP contribution in [0.15, 0.2) is 54.6 Å². The maximum atomic E-state index is 12.9. The molecule has 1 heterocycles. The number of nitrogens with zero attached hydrogens (tertiary/aromatic N) is 1. The molecule has 0 aliphatic rings. The first-order valence-corrected chi connectivity index (χ1v) is 13.4. The van der Waals surface area contributed by atoms with Crippen molar-refractivity contribution in [3.8, 4) is 0 Å². The number of carbonyl (C=O) groups excluding carboxylic acids is 2. The number of Topliss-reactive ketones (excluding diaryl/α,β-unsaturated/α-hetero) is 1. The summed E-state index contributed by atoms with van der Waals surface area (Å²) in [4.78, 5) is 29.2. The van der Waals surface area contributed by atoms with Gasteiger partial charge in [-0.2, -0.15) is 0 Å². The first-order chi connectivity index (χ1) is 14.7. The van der Waals surface area contributed by atoms with E-state index >= 15 is 0 Å². The van der Waals surface area contributed by atoms with Crippen molar-refractivity contribution >= 4 is 33.4 Å². The molecule has 0 fully saturated rings. The van der Waals surface area contributed by atoms with E-state index in [2.05, 4.69) is 10.3 Å². The first-order valence-electron chi connectivity index (χ1n) is 9.79. The van der Waals surface area contributed by atoms with E-state index in [-0.39, 0.29) is 18.3 Å². The van der Waals surface area contributed by atoms with Crippen LogP contribution in [0.4, 0.5) is 4.79 Å². The Morgan fingerprint density at radius 2 is 1.87 bits per heavy atom. The molecule has 0 spiro atoms. The van der Waals surface area contributed by atoms with Crippen molar-refractivity contribution in [1.82, 2.24) is 10.3 Å². The molecule has 0 radical (unpaired) electrons. The molecule has 2 aromatic carbocycles. The number of alkyl halides is 1. The van der Waals surface area contributed by atoms with E-state index in [9.17, 15) is 9.59 Å². The van der Waals surface area contributed by atoms with E-state index in [0.29, 0.717) is 11.6 Å². The van der Waals surface area contributed by atoms with E-state index < -0.39 is 27.6 Å². The van der Waals surface area contributed by atoms with Gasteiger partial charge >= 0.3 is 173 Å². The van der Waals surface area contributed by atoms with Crippen LogP contribution in [0.3, 0.4) is 0 Å². The van der Waals surface area contributed by atoms with Crippen LogP contribution in [-0.2, 0) is 11.3 Å². The number of fused-ring (bicyclic) bond motifs is 1. The van der Waals surface area contributed by atoms with Gasteiger partial charge in [0.1, 0.15) is 0 Å². The van der Waals surface area contributed by atoms with Crippen LogP contribution < -0.4 is 30.7 Å². The van der Waals surface area contributed by atoms with Gasteiger partial charge in [0.2, 0.25) is 0 Å². The van der Waals surface area contributed by atoms with Crippen molar-refractivity contribution in [3.63, 3.8) is 0 Å². The Labute approximate surface area is 190 Å². The van der Waals surface area contributed by atoms with E-state index in [1.807, 2.05) is 54.6 Å². The predicted molar refractivity (Wildman–Crippen MR) is 115 cm³/mol. The third-order valence-corrected chi connectivity index (χ3v) is 7.23. The Bertz CT molecular complexity index is 931. The number of nitrogens with one attached hydrogen (secondary N) is 1. The number of halogens is 1. The molecular formula is C22H25IN3O3S-. The molecule has 3 rings (SSSR count). The normalized spacial score (nSPS) is 12.0. The SMILES string of the molecule is N[I-]C[C@@H](CCCCNC(=O)OCc1ccccc1)C(=O)c1nc2ccccc2s1. The molecule has 0 aliphatic heterocycles. The number of hydrogen-bond donors (Lipinski definition) is 2. The number of benzene rings is 2. The van der Waals surface area contributed by atoms with Gasteiger partial charge in [-0.25, -0.2) is 0 Å². The van der Waals surface area contributed by atoms with Gasteiger partial charge in [0.05, 0.1) is 0 Å². The molecule has 8 heteroatoms. The van der Waals surface area contributed by atoms with Crippen molar-refractivity contribution < 1.29 is 35.8 Å². The molecule has 0 aliphatic carbocycles. The van der Waals surface area contributed by atoms with Crippen molar-refractivity contribution in [2.75, 3.05) is 11.0 Å². The quantitative estimate of drug-likeness (QED) is 0.126. The molecule has 1 atom stereocenters. The number of hydrogen-bond acceptors (Lipinski definition) is 6.